The quantitative estimate of drug-likeness (QED) is 0.865. The minimum Gasteiger partial charge on any atom is -0.469 e. The molecule has 0 unspecified atom stereocenters. The van der Waals surface area contributed by atoms with Crippen LogP contribution in [0.15, 0.2) is 54.6 Å². The zero-order valence-corrected chi connectivity index (χ0v) is 12.9. The van der Waals surface area contributed by atoms with Crippen LogP contribution in [0.4, 0.5) is 18.9 Å². The third kappa shape index (κ3) is 2.42. The van der Waals surface area contributed by atoms with Gasteiger partial charge in [0.1, 0.15) is 0 Å². The fraction of sp³-hybridized carbons (Fsp3) is 0.278. The van der Waals surface area contributed by atoms with E-state index in [0.29, 0.717) is 11.3 Å². The van der Waals surface area contributed by atoms with E-state index < -0.39 is 23.6 Å². The molecule has 0 aromatic heterocycles. The van der Waals surface area contributed by atoms with E-state index >= 15 is 0 Å². The predicted molar refractivity (Wildman–Crippen MR) is 83.4 cm³/mol. The van der Waals surface area contributed by atoms with Crippen molar-refractivity contribution in [2.24, 2.45) is 5.92 Å². The molecule has 0 heterocycles. The average Bonchev–Trinajstić information content (AvgIpc) is 2.91. The second-order valence-corrected chi connectivity index (χ2v) is 5.73. The maximum absolute atomic E-state index is 14.3. The van der Waals surface area contributed by atoms with Crippen LogP contribution >= 0.6 is 0 Å². The van der Waals surface area contributed by atoms with Crippen molar-refractivity contribution in [2.45, 2.75) is 18.1 Å². The summed E-state index contributed by atoms with van der Waals surface area (Å²) >= 11 is 0. The molecule has 126 valence electrons. The number of ether oxygens (including phenoxy) is 1. The van der Waals surface area contributed by atoms with E-state index in [9.17, 15) is 18.0 Å². The molecule has 0 spiro atoms. The number of carbonyl (C=O) groups is 1. The van der Waals surface area contributed by atoms with Crippen molar-refractivity contribution in [1.82, 2.24) is 0 Å². The number of halogens is 3. The summed E-state index contributed by atoms with van der Waals surface area (Å²) in [7, 11) is 1.11. The van der Waals surface area contributed by atoms with Crippen molar-refractivity contribution in [3.8, 4) is 0 Å². The van der Waals surface area contributed by atoms with Crippen molar-refractivity contribution in [2.75, 3.05) is 12.4 Å². The zero-order chi connectivity index (χ0) is 17.4. The lowest BCUT2D eigenvalue weighted by molar-refractivity contribution is -0.201. The Hall–Kier alpha value is -2.50. The molecule has 1 aliphatic carbocycles. The number of hydrogen-bond acceptors (Lipinski definition) is 3. The summed E-state index contributed by atoms with van der Waals surface area (Å²) in [6.45, 7) is 0. The van der Waals surface area contributed by atoms with E-state index in [2.05, 4.69) is 10.1 Å². The van der Waals surface area contributed by atoms with Crippen LogP contribution < -0.4 is 5.32 Å². The largest absolute Gasteiger partial charge is 0.469 e. The Morgan fingerprint density at radius 3 is 2.38 bits per heavy atom. The smallest absolute Gasteiger partial charge is 0.416 e. The molecule has 0 bridgehead atoms. The molecular weight excluding hydrogens is 319 g/mol. The van der Waals surface area contributed by atoms with Crippen molar-refractivity contribution in [1.29, 1.82) is 0 Å². The number of fused-ring (bicyclic) bond motifs is 1. The third-order valence-electron chi connectivity index (χ3n) is 4.44. The number of benzene rings is 2. The third-order valence-corrected chi connectivity index (χ3v) is 4.44. The van der Waals surface area contributed by atoms with Gasteiger partial charge in [-0.3, -0.25) is 4.79 Å². The van der Waals surface area contributed by atoms with Crippen molar-refractivity contribution in [3.05, 3.63) is 65.7 Å². The fourth-order valence-corrected chi connectivity index (χ4v) is 3.37. The van der Waals surface area contributed by atoms with Crippen molar-refractivity contribution >= 4 is 11.7 Å². The number of carbonyl (C=O) groups excluding carboxylic acids is 1. The lowest BCUT2D eigenvalue weighted by Crippen LogP contribution is -2.55. The van der Waals surface area contributed by atoms with Gasteiger partial charge in [-0.15, -0.1) is 0 Å². The van der Waals surface area contributed by atoms with Gasteiger partial charge in [0.2, 0.25) is 0 Å². The summed E-state index contributed by atoms with van der Waals surface area (Å²) < 4.78 is 47.4. The van der Waals surface area contributed by atoms with Gasteiger partial charge in [0.25, 0.3) is 0 Å². The van der Waals surface area contributed by atoms with Gasteiger partial charge < -0.3 is 10.1 Å². The fourth-order valence-electron chi connectivity index (χ4n) is 3.37. The van der Waals surface area contributed by atoms with Gasteiger partial charge in [-0.2, -0.15) is 13.2 Å². The summed E-state index contributed by atoms with van der Waals surface area (Å²) in [4.78, 5) is 12.2. The van der Waals surface area contributed by atoms with Crippen LogP contribution in [0, 0.1) is 5.92 Å². The first-order chi connectivity index (χ1) is 11.4. The van der Waals surface area contributed by atoms with Gasteiger partial charge in [0.15, 0.2) is 5.54 Å². The molecule has 0 fully saturated rings. The van der Waals surface area contributed by atoms with Crippen LogP contribution in [0.25, 0.3) is 0 Å². The number of methoxy groups -OCH3 is 1. The molecule has 0 amide bonds. The molecule has 24 heavy (non-hydrogen) atoms. The summed E-state index contributed by atoms with van der Waals surface area (Å²) in [5.74, 6) is -2.27. The maximum atomic E-state index is 14.3. The van der Waals surface area contributed by atoms with E-state index in [0.717, 1.165) is 7.11 Å². The van der Waals surface area contributed by atoms with Crippen molar-refractivity contribution in [3.63, 3.8) is 0 Å². The van der Waals surface area contributed by atoms with Gasteiger partial charge in [-0.1, -0.05) is 42.5 Å². The Morgan fingerprint density at radius 1 is 1.12 bits per heavy atom. The Balaban J connectivity index is 2.21. The highest BCUT2D eigenvalue weighted by Crippen LogP contribution is 2.53. The molecule has 6 heteroatoms. The number of para-hydroxylation sites is 1. The number of rotatable bonds is 3. The second-order valence-electron chi connectivity index (χ2n) is 5.73. The molecule has 0 saturated heterocycles. The minimum absolute atomic E-state index is 0.0256. The summed E-state index contributed by atoms with van der Waals surface area (Å²) in [5, 5.41) is 2.59. The van der Waals surface area contributed by atoms with Crippen LogP contribution in [0.3, 0.4) is 0 Å². The van der Waals surface area contributed by atoms with Gasteiger partial charge in [0.05, 0.1) is 13.0 Å². The normalized spacial score (nSPS) is 22.8. The van der Waals surface area contributed by atoms with Gasteiger partial charge in [-0.05, 0) is 29.7 Å². The van der Waals surface area contributed by atoms with Gasteiger partial charge >= 0.3 is 12.1 Å². The number of hydrogen-bond donors (Lipinski definition) is 1. The number of esters is 1. The highest BCUT2D eigenvalue weighted by atomic mass is 19.4. The molecule has 1 aliphatic rings. The molecule has 2 aromatic rings. The molecule has 0 saturated carbocycles. The molecule has 2 aromatic carbocycles. The predicted octanol–water partition coefficient (Wildman–Crippen LogP) is 3.90. The van der Waals surface area contributed by atoms with E-state index in [1.54, 1.807) is 48.5 Å². The standard InChI is InChI=1S/C18H16F3NO2/c1-24-16(23)15-11-12-7-5-6-10-14(12)17(15,18(19,20)21)22-13-8-3-2-4-9-13/h2-10,15,22H,11H2,1H3/t15-,17-/m1/s1. The Morgan fingerprint density at radius 2 is 1.75 bits per heavy atom. The van der Waals surface area contributed by atoms with E-state index in [1.165, 1.54) is 6.07 Å². The highest BCUT2D eigenvalue weighted by molar-refractivity contribution is 5.78. The Bertz CT molecular complexity index is 745. The minimum atomic E-state index is -4.69. The van der Waals surface area contributed by atoms with E-state index in [-0.39, 0.29) is 12.0 Å². The van der Waals surface area contributed by atoms with E-state index in [1.807, 2.05) is 0 Å². The number of anilines is 1. The SMILES string of the molecule is COC(=O)[C@H]1Cc2ccccc2[C@]1(Nc1ccccc1)C(F)(F)F. The Labute approximate surface area is 137 Å². The van der Waals surface area contributed by atoms with Crippen LogP contribution in [0.1, 0.15) is 11.1 Å². The molecule has 1 N–H and O–H groups in total. The van der Waals surface area contributed by atoms with Crippen LogP contribution in [0.5, 0.6) is 0 Å². The lowest BCUT2D eigenvalue weighted by atomic mass is 9.82. The zero-order valence-electron chi connectivity index (χ0n) is 12.9. The van der Waals surface area contributed by atoms with Gasteiger partial charge in [0, 0.05) is 5.69 Å². The molecule has 3 rings (SSSR count). The second kappa shape index (κ2) is 5.85. The maximum Gasteiger partial charge on any atom is 0.416 e. The number of nitrogens with one attached hydrogen (secondary N) is 1. The summed E-state index contributed by atoms with van der Waals surface area (Å²) in [6.07, 6.45) is -4.71. The van der Waals surface area contributed by atoms with Crippen LogP contribution in [-0.2, 0) is 21.5 Å². The molecule has 2 atom stereocenters. The molecule has 0 radical (unpaired) electrons. The highest BCUT2D eigenvalue weighted by Gasteiger charge is 2.66. The van der Waals surface area contributed by atoms with Crippen LogP contribution in [-0.4, -0.2) is 19.3 Å². The lowest BCUT2D eigenvalue weighted by Gasteiger charge is -2.38. The Kier molecular flexibility index (Phi) is 3.99. The number of alkyl halides is 3. The summed E-state index contributed by atoms with van der Waals surface area (Å²) in [6, 6.07) is 14.3. The topological polar surface area (TPSA) is 38.3 Å². The molecule has 3 nitrogen and oxygen atoms in total. The van der Waals surface area contributed by atoms with E-state index in [4.69, 9.17) is 0 Å². The molecular formula is C18H16F3NO2. The summed E-state index contributed by atoms with van der Waals surface area (Å²) in [5.41, 5.74) is -1.66. The first-order valence-electron chi connectivity index (χ1n) is 7.46. The van der Waals surface area contributed by atoms with Crippen molar-refractivity contribution < 1.29 is 22.7 Å². The first kappa shape index (κ1) is 16.4. The molecule has 0 aliphatic heterocycles. The monoisotopic (exact) mass is 335 g/mol. The first-order valence-corrected chi connectivity index (χ1v) is 7.46. The van der Waals surface area contributed by atoms with Crippen LogP contribution in [0.2, 0.25) is 0 Å². The van der Waals surface area contributed by atoms with Gasteiger partial charge in [-0.25, -0.2) is 0 Å². The average molecular weight is 335 g/mol.